The summed E-state index contributed by atoms with van der Waals surface area (Å²) in [6.07, 6.45) is -2.26. The second kappa shape index (κ2) is 6.59. The van der Waals surface area contributed by atoms with E-state index in [9.17, 15) is 13.2 Å². The van der Waals surface area contributed by atoms with Crippen LogP contribution in [0.4, 0.5) is 13.2 Å². The third-order valence-corrected chi connectivity index (χ3v) is 3.70. The van der Waals surface area contributed by atoms with Crippen molar-refractivity contribution >= 4 is 0 Å². The molecule has 0 aliphatic carbocycles. The fourth-order valence-corrected chi connectivity index (χ4v) is 2.83. The zero-order chi connectivity index (χ0) is 14.6. The topological polar surface area (TPSA) is 15.3 Å². The number of alkyl halides is 3. The van der Waals surface area contributed by atoms with Crippen LogP contribution in [-0.4, -0.2) is 36.8 Å². The van der Waals surface area contributed by atoms with Crippen molar-refractivity contribution < 1.29 is 13.2 Å². The predicted octanol–water partition coefficient (Wildman–Crippen LogP) is 3.36. The number of hydrogen-bond donors (Lipinski definition) is 1. The second-order valence-electron chi connectivity index (χ2n) is 5.36. The van der Waals surface area contributed by atoms with E-state index >= 15 is 0 Å². The number of halogens is 3. The first kappa shape index (κ1) is 15.3. The fourth-order valence-electron chi connectivity index (χ4n) is 2.83. The summed E-state index contributed by atoms with van der Waals surface area (Å²) < 4.78 is 38.3. The first-order chi connectivity index (χ1) is 9.49. The lowest BCUT2D eigenvalue weighted by Crippen LogP contribution is -2.54. The van der Waals surface area contributed by atoms with Crippen LogP contribution < -0.4 is 5.32 Å². The van der Waals surface area contributed by atoms with Gasteiger partial charge >= 0.3 is 6.18 Å². The summed E-state index contributed by atoms with van der Waals surface area (Å²) in [6, 6.07) is 9.38. The zero-order valence-electron chi connectivity index (χ0n) is 11.7. The SMILES string of the molecule is CCCC1CN(CC(F)(F)F)C(c2ccccc2)CN1. The van der Waals surface area contributed by atoms with E-state index < -0.39 is 12.7 Å². The molecular formula is C15H21F3N2. The summed E-state index contributed by atoms with van der Waals surface area (Å²) in [6.45, 7) is 2.24. The molecule has 20 heavy (non-hydrogen) atoms. The molecular weight excluding hydrogens is 265 g/mol. The molecule has 112 valence electrons. The third-order valence-electron chi connectivity index (χ3n) is 3.70. The van der Waals surface area contributed by atoms with E-state index in [1.54, 1.807) is 4.90 Å². The Morgan fingerprint density at radius 3 is 2.55 bits per heavy atom. The normalized spacial score (nSPS) is 24.8. The summed E-state index contributed by atoms with van der Waals surface area (Å²) in [5.41, 5.74) is 0.944. The van der Waals surface area contributed by atoms with Gasteiger partial charge in [0.15, 0.2) is 0 Å². The maximum absolute atomic E-state index is 12.8. The molecule has 0 spiro atoms. The van der Waals surface area contributed by atoms with Gasteiger partial charge in [0.1, 0.15) is 0 Å². The van der Waals surface area contributed by atoms with E-state index in [-0.39, 0.29) is 12.1 Å². The minimum absolute atomic E-state index is 0.155. The molecule has 1 aliphatic rings. The van der Waals surface area contributed by atoms with Gasteiger partial charge in [-0.15, -0.1) is 0 Å². The van der Waals surface area contributed by atoms with E-state index in [2.05, 4.69) is 12.2 Å². The van der Waals surface area contributed by atoms with Crippen LogP contribution in [0.1, 0.15) is 31.4 Å². The lowest BCUT2D eigenvalue weighted by atomic mass is 9.99. The average Bonchev–Trinajstić information content (AvgIpc) is 2.38. The molecule has 1 aliphatic heterocycles. The molecule has 1 aromatic rings. The number of nitrogens with zero attached hydrogens (tertiary/aromatic N) is 1. The second-order valence-corrected chi connectivity index (χ2v) is 5.36. The predicted molar refractivity (Wildman–Crippen MR) is 73.5 cm³/mol. The molecule has 5 heteroatoms. The summed E-state index contributed by atoms with van der Waals surface area (Å²) in [5.74, 6) is 0. The molecule has 0 bridgehead atoms. The smallest absolute Gasteiger partial charge is 0.311 e. The van der Waals surface area contributed by atoms with Gasteiger partial charge in [0.05, 0.1) is 6.54 Å². The molecule has 1 saturated heterocycles. The summed E-state index contributed by atoms with van der Waals surface area (Å²) in [7, 11) is 0. The maximum Gasteiger partial charge on any atom is 0.401 e. The molecule has 0 aromatic heterocycles. The summed E-state index contributed by atoms with van der Waals surface area (Å²) >= 11 is 0. The van der Waals surface area contributed by atoms with Crippen molar-refractivity contribution in [2.24, 2.45) is 0 Å². The highest BCUT2D eigenvalue weighted by Crippen LogP contribution is 2.28. The molecule has 0 amide bonds. The van der Waals surface area contributed by atoms with Crippen LogP contribution in [0.2, 0.25) is 0 Å². The van der Waals surface area contributed by atoms with E-state index in [0.717, 1.165) is 18.4 Å². The Morgan fingerprint density at radius 1 is 1.25 bits per heavy atom. The van der Waals surface area contributed by atoms with Gasteiger partial charge in [0, 0.05) is 25.2 Å². The molecule has 0 saturated carbocycles. The van der Waals surface area contributed by atoms with Crippen molar-refractivity contribution in [2.45, 2.75) is 38.0 Å². The number of benzene rings is 1. The van der Waals surface area contributed by atoms with E-state index in [0.29, 0.717) is 13.1 Å². The Morgan fingerprint density at radius 2 is 1.95 bits per heavy atom. The largest absolute Gasteiger partial charge is 0.401 e. The molecule has 0 radical (unpaired) electrons. The molecule has 1 heterocycles. The number of piperazine rings is 1. The van der Waals surface area contributed by atoms with Crippen molar-refractivity contribution in [2.75, 3.05) is 19.6 Å². The minimum Gasteiger partial charge on any atom is -0.311 e. The van der Waals surface area contributed by atoms with Crippen molar-refractivity contribution in [3.63, 3.8) is 0 Å². The van der Waals surface area contributed by atoms with Crippen LogP contribution in [0, 0.1) is 0 Å². The highest BCUT2D eigenvalue weighted by molar-refractivity contribution is 5.20. The third kappa shape index (κ3) is 4.21. The van der Waals surface area contributed by atoms with Crippen molar-refractivity contribution in [3.8, 4) is 0 Å². The molecule has 1 aromatic carbocycles. The van der Waals surface area contributed by atoms with Crippen LogP contribution in [0.15, 0.2) is 30.3 Å². The Balaban J connectivity index is 2.13. The molecule has 1 fully saturated rings. The zero-order valence-corrected chi connectivity index (χ0v) is 11.7. The van der Waals surface area contributed by atoms with Crippen LogP contribution in [0.5, 0.6) is 0 Å². The summed E-state index contributed by atoms with van der Waals surface area (Å²) in [5, 5.41) is 3.38. The number of nitrogens with one attached hydrogen (secondary N) is 1. The van der Waals surface area contributed by atoms with Gasteiger partial charge in [-0.3, -0.25) is 4.90 Å². The highest BCUT2D eigenvalue weighted by atomic mass is 19.4. The van der Waals surface area contributed by atoms with Crippen LogP contribution in [0.25, 0.3) is 0 Å². The summed E-state index contributed by atoms with van der Waals surface area (Å²) in [4.78, 5) is 1.56. The van der Waals surface area contributed by atoms with Crippen LogP contribution >= 0.6 is 0 Å². The van der Waals surface area contributed by atoms with Crippen LogP contribution in [-0.2, 0) is 0 Å². The highest BCUT2D eigenvalue weighted by Gasteiger charge is 2.37. The van der Waals surface area contributed by atoms with Gasteiger partial charge in [-0.1, -0.05) is 43.7 Å². The maximum atomic E-state index is 12.8. The van der Waals surface area contributed by atoms with Gasteiger partial charge in [-0.25, -0.2) is 0 Å². The first-order valence-corrected chi connectivity index (χ1v) is 7.08. The van der Waals surface area contributed by atoms with Gasteiger partial charge in [-0.2, -0.15) is 13.2 Å². The van der Waals surface area contributed by atoms with Gasteiger partial charge < -0.3 is 5.32 Å². The number of hydrogen-bond acceptors (Lipinski definition) is 2. The standard InChI is InChI=1S/C15H21F3N2/c1-2-6-13-10-20(11-15(16,17)18)14(9-19-13)12-7-4-3-5-8-12/h3-5,7-8,13-14,19H,2,6,9-11H2,1H3. The Labute approximate surface area is 118 Å². The monoisotopic (exact) mass is 286 g/mol. The van der Waals surface area contributed by atoms with Crippen molar-refractivity contribution in [1.82, 2.24) is 10.2 Å². The van der Waals surface area contributed by atoms with Crippen LogP contribution in [0.3, 0.4) is 0 Å². The molecule has 2 nitrogen and oxygen atoms in total. The van der Waals surface area contributed by atoms with Gasteiger partial charge in [0.25, 0.3) is 0 Å². The Hall–Kier alpha value is -1.07. The molecule has 2 unspecified atom stereocenters. The quantitative estimate of drug-likeness (QED) is 0.913. The molecule has 2 atom stereocenters. The van der Waals surface area contributed by atoms with Gasteiger partial charge in [0.2, 0.25) is 0 Å². The molecule has 2 rings (SSSR count). The lowest BCUT2D eigenvalue weighted by molar-refractivity contribution is -0.154. The van der Waals surface area contributed by atoms with E-state index in [1.807, 2.05) is 30.3 Å². The first-order valence-electron chi connectivity index (χ1n) is 7.08. The van der Waals surface area contributed by atoms with Gasteiger partial charge in [-0.05, 0) is 12.0 Å². The van der Waals surface area contributed by atoms with E-state index in [1.165, 1.54) is 0 Å². The Bertz CT molecular complexity index is 405. The lowest BCUT2D eigenvalue weighted by Gasteiger charge is -2.41. The molecule has 1 N–H and O–H groups in total. The van der Waals surface area contributed by atoms with E-state index in [4.69, 9.17) is 0 Å². The number of rotatable bonds is 4. The average molecular weight is 286 g/mol. The minimum atomic E-state index is -4.15. The van der Waals surface area contributed by atoms with Crippen molar-refractivity contribution in [3.05, 3.63) is 35.9 Å². The van der Waals surface area contributed by atoms with Crippen molar-refractivity contribution in [1.29, 1.82) is 0 Å². The Kier molecular flexibility index (Phi) is 5.05. The fraction of sp³-hybridized carbons (Fsp3) is 0.600.